The summed E-state index contributed by atoms with van der Waals surface area (Å²) in [6.45, 7) is 1.18. The van der Waals surface area contributed by atoms with Crippen molar-refractivity contribution >= 4 is 38.4 Å². The second-order valence-corrected chi connectivity index (χ2v) is 4.59. The number of phenols is 1. The van der Waals surface area contributed by atoms with Crippen LogP contribution in [0.25, 0.3) is 11.0 Å². The van der Waals surface area contributed by atoms with Gasteiger partial charge in [0.15, 0.2) is 5.78 Å². The van der Waals surface area contributed by atoms with E-state index in [0.717, 1.165) is 0 Å². The molecule has 0 amide bonds. The lowest BCUT2D eigenvalue weighted by Crippen LogP contribution is -2.11. The van der Waals surface area contributed by atoms with Crippen LogP contribution < -0.4 is 5.63 Å². The van der Waals surface area contributed by atoms with Gasteiger partial charge in [-0.05, 0) is 35.0 Å². The summed E-state index contributed by atoms with van der Waals surface area (Å²) in [5, 5.41) is 20.7. The van der Waals surface area contributed by atoms with E-state index in [-0.39, 0.29) is 21.0 Å². The third-order valence-corrected chi connectivity index (χ3v) is 3.09. The molecule has 0 aliphatic carbocycles. The zero-order valence-corrected chi connectivity index (χ0v) is 11.1. The Hall–Kier alpha value is -2.22. The third-order valence-electron chi connectivity index (χ3n) is 2.49. The third kappa shape index (κ3) is 2.10. The number of nitro benzene ring substituents is 1. The van der Waals surface area contributed by atoms with Crippen molar-refractivity contribution in [3.8, 4) is 5.75 Å². The molecule has 0 fully saturated rings. The topological polar surface area (TPSA) is 111 Å². The molecule has 2 aromatic rings. The summed E-state index contributed by atoms with van der Waals surface area (Å²) in [5.41, 5.74) is -2.29. The molecule has 98 valence electrons. The average Bonchev–Trinajstić information content (AvgIpc) is 2.30. The van der Waals surface area contributed by atoms with Gasteiger partial charge in [-0.25, -0.2) is 4.79 Å². The van der Waals surface area contributed by atoms with Crippen LogP contribution in [0.2, 0.25) is 0 Å². The smallest absolute Gasteiger partial charge is 0.354 e. The van der Waals surface area contributed by atoms with Crippen LogP contribution in [0.3, 0.4) is 0 Å². The fraction of sp³-hybridized carbons (Fsp3) is 0.0909. The highest BCUT2D eigenvalue weighted by Crippen LogP contribution is 2.40. The molecular formula is C11H6BrNO6. The Bertz CT molecular complexity index is 779. The lowest BCUT2D eigenvalue weighted by atomic mass is 10.1. The molecule has 0 spiro atoms. The van der Waals surface area contributed by atoms with E-state index in [4.69, 9.17) is 4.42 Å². The van der Waals surface area contributed by atoms with Crippen molar-refractivity contribution in [1.82, 2.24) is 0 Å². The van der Waals surface area contributed by atoms with Crippen LogP contribution in [0.15, 0.2) is 25.8 Å². The van der Waals surface area contributed by atoms with Gasteiger partial charge in [-0.15, -0.1) is 0 Å². The maximum Gasteiger partial charge on any atom is 0.354 e. The molecule has 0 aliphatic heterocycles. The van der Waals surface area contributed by atoms with Crippen LogP contribution in [-0.2, 0) is 0 Å². The van der Waals surface area contributed by atoms with Gasteiger partial charge in [-0.1, -0.05) is 0 Å². The molecule has 1 aromatic carbocycles. The molecule has 0 saturated heterocycles. The van der Waals surface area contributed by atoms with E-state index in [1.165, 1.54) is 19.1 Å². The largest absolute Gasteiger partial charge is 0.501 e. The maximum atomic E-state index is 11.5. The Labute approximate surface area is 113 Å². The fourth-order valence-corrected chi connectivity index (χ4v) is 2.05. The SMILES string of the molecule is CC(=O)c1cc2cc(Br)c(O)c([N+](=O)[O-])c2oc1=O. The number of fused-ring (bicyclic) bond motifs is 1. The molecule has 1 heterocycles. The first-order chi connectivity index (χ1) is 8.82. The zero-order valence-electron chi connectivity index (χ0n) is 9.47. The lowest BCUT2D eigenvalue weighted by molar-refractivity contribution is -0.384. The number of hydrogen-bond donors (Lipinski definition) is 1. The number of phenolic OH excluding ortho intramolecular Hbond substituents is 1. The summed E-state index contributed by atoms with van der Waals surface area (Å²) < 4.78 is 4.85. The molecule has 1 aromatic heterocycles. The monoisotopic (exact) mass is 327 g/mol. The highest BCUT2D eigenvalue weighted by molar-refractivity contribution is 9.10. The van der Waals surface area contributed by atoms with Crippen molar-refractivity contribution in [2.75, 3.05) is 0 Å². The van der Waals surface area contributed by atoms with Crippen LogP contribution in [0.1, 0.15) is 17.3 Å². The summed E-state index contributed by atoms with van der Waals surface area (Å²) >= 11 is 2.96. The van der Waals surface area contributed by atoms with Gasteiger partial charge in [0.2, 0.25) is 11.3 Å². The normalized spacial score (nSPS) is 10.6. The number of halogens is 1. The van der Waals surface area contributed by atoms with E-state index in [1.54, 1.807) is 0 Å². The maximum absolute atomic E-state index is 11.5. The highest BCUT2D eigenvalue weighted by atomic mass is 79.9. The van der Waals surface area contributed by atoms with Crippen LogP contribution in [0, 0.1) is 10.1 Å². The van der Waals surface area contributed by atoms with Crippen molar-refractivity contribution in [2.24, 2.45) is 0 Å². The second kappa shape index (κ2) is 4.47. The van der Waals surface area contributed by atoms with E-state index in [2.05, 4.69) is 15.9 Å². The molecule has 0 saturated carbocycles. The summed E-state index contributed by atoms with van der Waals surface area (Å²) in [6.07, 6.45) is 0. The van der Waals surface area contributed by atoms with E-state index in [0.29, 0.717) is 0 Å². The fourth-order valence-electron chi connectivity index (χ4n) is 1.62. The lowest BCUT2D eigenvalue weighted by Gasteiger charge is -2.03. The van der Waals surface area contributed by atoms with Gasteiger partial charge >= 0.3 is 11.3 Å². The summed E-state index contributed by atoms with van der Waals surface area (Å²) in [5.74, 6) is -1.15. The van der Waals surface area contributed by atoms with Gasteiger partial charge in [-0.2, -0.15) is 0 Å². The summed E-state index contributed by atoms with van der Waals surface area (Å²) in [7, 11) is 0. The zero-order chi connectivity index (χ0) is 14.3. The number of nitrogens with zero attached hydrogens (tertiary/aromatic N) is 1. The Kier molecular flexibility index (Phi) is 3.11. The number of Topliss-reactive ketones (excluding diaryl/α,β-unsaturated/α-hetero) is 1. The molecule has 0 atom stereocenters. The molecule has 19 heavy (non-hydrogen) atoms. The summed E-state index contributed by atoms with van der Waals surface area (Å²) in [4.78, 5) is 32.8. The van der Waals surface area contributed by atoms with Crippen molar-refractivity contribution < 1.29 is 19.2 Å². The first kappa shape index (κ1) is 13.2. The Morgan fingerprint density at radius 2 is 2.11 bits per heavy atom. The number of benzene rings is 1. The van der Waals surface area contributed by atoms with Gasteiger partial charge in [0.1, 0.15) is 5.56 Å². The van der Waals surface area contributed by atoms with Crippen LogP contribution in [0.5, 0.6) is 5.75 Å². The minimum absolute atomic E-state index is 0.0649. The van der Waals surface area contributed by atoms with Gasteiger partial charge in [0.25, 0.3) is 0 Å². The van der Waals surface area contributed by atoms with E-state index in [1.807, 2.05) is 0 Å². The van der Waals surface area contributed by atoms with E-state index < -0.39 is 27.8 Å². The van der Waals surface area contributed by atoms with E-state index >= 15 is 0 Å². The molecule has 0 bridgehead atoms. The Balaban J connectivity index is 2.99. The van der Waals surface area contributed by atoms with Crippen LogP contribution >= 0.6 is 15.9 Å². The minimum atomic E-state index is -0.982. The molecule has 8 heteroatoms. The van der Waals surface area contributed by atoms with E-state index in [9.17, 15) is 24.8 Å². The number of carbonyl (C=O) groups is 1. The van der Waals surface area contributed by atoms with Crippen molar-refractivity contribution in [2.45, 2.75) is 6.92 Å². The highest BCUT2D eigenvalue weighted by Gasteiger charge is 2.25. The van der Waals surface area contributed by atoms with Crippen LogP contribution in [0.4, 0.5) is 5.69 Å². The number of carbonyl (C=O) groups excluding carboxylic acids is 1. The number of ketones is 1. The Morgan fingerprint density at radius 1 is 1.47 bits per heavy atom. The molecule has 0 aliphatic rings. The number of nitro groups is 1. The molecule has 2 rings (SSSR count). The second-order valence-electron chi connectivity index (χ2n) is 3.73. The minimum Gasteiger partial charge on any atom is -0.501 e. The molecule has 0 radical (unpaired) electrons. The van der Waals surface area contributed by atoms with Gasteiger partial charge in [0.05, 0.1) is 9.40 Å². The van der Waals surface area contributed by atoms with Gasteiger partial charge < -0.3 is 9.52 Å². The standard InChI is InChI=1S/C11H6BrNO6/c1-4(14)6-2-5-3-7(12)9(15)8(13(17)18)10(5)19-11(6)16/h2-3,15H,1H3. The Morgan fingerprint density at radius 3 is 2.63 bits per heavy atom. The first-order valence-electron chi connectivity index (χ1n) is 4.97. The van der Waals surface area contributed by atoms with Crippen molar-refractivity contribution in [1.29, 1.82) is 0 Å². The summed E-state index contributed by atoms with van der Waals surface area (Å²) in [6, 6.07) is 2.52. The average molecular weight is 328 g/mol. The predicted octanol–water partition coefficient (Wildman–Crippen LogP) is 2.37. The molecule has 7 nitrogen and oxygen atoms in total. The van der Waals surface area contributed by atoms with Crippen molar-refractivity contribution in [3.05, 3.63) is 42.7 Å². The number of aromatic hydroxyl groups is 1. The van der Waals surface area contributed by atoms with Crippen LogP contribution in [-0.4, -0.2) is 15.8 Å². The number of hydrogen-bond acceptors (Lipinski definition) is 6. The predicted molar refractivity (Wildman–Crippen MR) is 68.5 cm³/mol. The van der Waals surface area contributed by atoms with Gasteiger partial charge in [0, 0.05) is 5.39 Å². The quantitative estimate of drug-likeness (QED) is 0.392. The molecule has 0 unspecified atom stereocenters. The number of rotatable bonds is 2. The first-order valence-corrected chi connectivity index (χ1v) is 5.77. The van der Waals surface area contributed by atoms with Gasteiger partial charge in [-0.3, -0.25) is 14.9 Å². The molecular weight excluding hydrogens is 322 g/mol. The van der Waals surface area contributed by atoms with Crippen molar-refractivity contribution in [3.63, 3.8) is 0 Å². The molecule has 1 N–H and O–H groups in total.